The molecule has 0 saturated heterocycles. The first-order chi connectivity index (χ1) is 11.3. The number of hydrogen-bond acceptors (Lipinski definition) is 2. The molecule has 1 unspecified atom stereocenters. The number of hydrogen-bond donors (Lipinski definition) is 0. The Labute approximate surface area is 140 Å². The minimum atomic E-state index is 0.0132. The van der Waals surface area contributed by atoms with Crippen molar-refractivity contribution in [2.75, 3.05) is 7.11 Å². The Morgan fingerprint density at radius 2 is 1.91 bits per heavy atom. The molecule has 0 saturated carbocycles. The van der Waals surface area contributed by atoms with Gasteiger partial charge in [-0.05, 0) is 47.9 Å². The standard InChI is InChI=1S/C20H17ClO2/c1-22-14-8-6-13-7-10-19-15(17(13)12-14)9-11-20(23-19)16-4-2-3-5-18(16)21/h2-8,10,12,20H,9,11H2,1H3. The summed E-state index contributed by atoms with van der Waals surface area (Å²) >= 11 is 6.32. The third-order valence-corrected chi connectivity index (χ3v) is 4.82. The van der Waals surface area contributed by atoms with Crippen LogP contribution in [0.25, 0.3) is 10.8 Å². The zero-order valence-corrected chi connectivity index (χ0v) is 13.6. The molecule has 4 rings (SSSR count). The predicted octanol–water partition coefficient (Wildman–Crippen LogP) is 5.57. The summed E-state index contributed by atoms with van der Waals surface area (Å²) in [6, 6.07) is 18.2. The van der Waals surface area contributed by atoms with Gasteiger partial charge in [0.1, 0.15) is 17.6 Å². The molecule has 23 heavy (non-hydrogen) atoms. The van der Waals surface area contributed by atoms with Crippen molar-refractivity contribution in [3.63, 3.8) is 0 Å². The number of benzene rings is 3. The van der Waals surface area contributed by atoms with Crippen LogP contribution in [0.4, 0.5) is 0 Å². The molecule has 0 aliphatic carbocycles. The van der Waals surface area contributed by atoms with E-state index in [1.54, 1.807) is 7.11 Å². The summed E-state index contributed by atoms with van der Waals surface area (Å²) < 4.78 is 11.6. The monoisotopic (exact) mass is 324 g/mol. The molecule has 3 aromatic rings. The highest BCUT2D eigenvalue weighted by Gasteiger charge is 2.24. The summed E-state index contributed by atoms with van der Waals surface area (Å²) in [5, 5.41) is 3.19. The van der Waals surface area contributed by atoms with Crippen LogP contribution in [0, 0.1) is 0 Å². The van der Waals surface area contributed by atoms with E-state index in [0.29, 0.717) is 0 Å². The van der Waals surface area contributed by atoms with Crippen LogP contribution in [-0.2, 0) is 6.42 Å². The Balaban J connectivity index is 1.76. The quantitative estimate of drug-likeness (QED) is 0.613. The molecule has 0 amide bonds. The van der Waals surface area contributed by atoms with Crippen molar-refractivity contribution in [1.82, 2.24) is 0 Å². The van der Waals surface area contributed by atoms with E-state index in [-0.39, 0.29) is 6.10 Å². The van der Waals surface area contributed by atoms with Gasteiger partial charge in [0.15, 0.2) is 0 Å². The van der Waals surface area contributed by atoms with Gasteiger partial charge in [0.2, 0.25) is 0 Å². The first kappa shape index (κ1) is 14.4. The van der Waals surface area contributed by atoms with Gasteiger partial charge in [-0.2, -0.15) is 0 Å². The lowest BCUT2D eigenvalue weighted by molar-refractivity contribution is 0.177. The molecule has 0 bridgehead atoms. The Morgan fingerprint density at radius 3 is 2.74 bits per heavy atom. The number of aryl methyl sites for hydroxylation is 1. The number of methoxy groups -OCH3 is 1. The first-order valence-electron chi connectivity index (χ1n) is 7.77. The average Bonchev–Trinajstić information content (AvgIpc) is 2.61. The molecule has 1 aliphatic heterocycles. The van der Waals surface area contributed by atoms with E-state index in [2.05, 4.69) is 24.3 Å². The van der Waals surface area contributed by atoms with Gasteiger partial charge in [-0.3, -0.25) is 0 Å². The van der Waals surface area contributed by atoms with Crippen LogP contribution in [0.3, 0.4) is 0 Å². The van der Waals surface area contributed by atoms with Crippen molar-refractivity contribution in [3.8, 4) is 11.5 Å². The zero-order valence-electron chi connectivity index (χ0n) is 12.9. The summed E-state index contributed by atoms with van der Waals surface area (Å²) in [6.07, 6.45) is 1.90. The lowest BCUT2D eigenvalue weighted by Gasteiger charge is -2.28. The lowest BCUT2D eigenvalue weighted by Crippen LogP contribution is -2.15. The molecule has 0 spiro atoms. The number of ether oxygens (including phenoxy) is 2. The van der Waals surface area contributed by atoms with Gasteiger partial charge in [0.05, 0.1) is 7.11 Å². The molecule has 1 heterocycles. The molecule has 3 aromatic carbocycles. The van der Waals surface area contributed by atoms with Crippen LogP contribution < -0.4 is 9.47 Å². The summed E-state index contributed by atoms with van der Waals surface area (Å²) in [4.78, 5) is 0. The fourth-order valence-electron chi connectivity index (χ4n) is 3.28. The van der Waals surface area contributed by atoms with Crippen molar-refractivity contribution < 1.29 is 9.47 Å². The van der Waals surface area contributed by atoms with E-state index < -0.39 is 0 Å². The summed E-state index contributed by atoms with van der Waals surface area (Å²) in [5.74, 6) is 1.82. The molecule has 0 fully saturated rings. The van der Waals surface area contributed by atoms with Gasteiger partial charge in [-0.25, -0.2) is 0 Å². The van der Waals surface area contributed by atoms with Crippen molar-refractivity contribution in [2.24, 2.45) is 0 Å². The Bertz CT molecular complexity index is 873. The molecule has 0 radical (unpaired) electrons. The fraction of sp³-hybridized carbons (Fsp3) is 0.200. The topological polar surface area (TPSA) is 18.5 Å². The molecule has 1 atom stereocenters. The van der Waals surface area contributed by atoms with E-state index in [1.165, 1.54) is 16.3 Å². The van der Waals surface area contributed by atoms with Crippen molar-refractivity contribution in [3.05, 3.63) is 70.7 Å². The molecular formula is C20H17ClO2. The van der Waals surface area contributed by atoms with Gasteiger partial charge in [0.25, 0.3) is 0 Å². The average molecular weight is 325 g/mol. The van der Waals surface area contributed by atoms with E-state index in [0.717, 1.165) is 34.9 Å². The fourth-order valence-corrected chi connectivity index (χ4v) is 3.54. The van der Waals surface area contributed by atoms with Crippen molar-refractivity contribution in [2.45, 2.75) is 18.9 Å². The number of rotatable bonds is 2. The molecular weight excluding hydrogens is 308 g/mol. The predicted molar refractivity (Wildman–Crippen MR) is 93.6 cm³/mol. The Kier molecular flexibility index (Phi) is 3.62. The van der Waals surface area contributed by atoms with Gasteiger partial charge in [-0.1, -0.05) is 41.9 Å². The third-order valence-electron chi connectivity index (χ3n) is 4.48. The van der Waals surface area contributed by atoms with Crippen molar-refractivity contribution in [1.29, 1.82) is 0 Å². The highest BCUT2D eigenvalue weighted by molar-refractivity contribution is 6.31. The van der Waals surface area contributed by atoms with Crippen molar-refractivity contribution >= 4 is 22.4 Å². The maximum Gasteiger partial charge on any atom is 0.125 e. The Morgan fingerprint density at radius 1 is 1.09 bits per heavy atom. The molecule has 2 nitrogen and oxygen atoms in total. The molecule has 3 heteroatoms. The zero-order chi connectivity index (χ0) is 15.8. The van der Waals surface area contributed by atoms with Crippen LogP contribution >= 0.6 is 11.6 Å². The smallest absolute Gasteiger partial charge is 0.125 e. The maximum atomic E-state index is 6.32. The second-order valence-electron chi connectivity index (χ2n) is 5.80. The molecule has 0 aromatic heterocycles. The molecule has 0 N–H and O–H groups in total. The maximum absolute atomic E-state index is 6.32. The Hall–Kier alpha value is -2.19. The van der Waals surface area contributed by atoms with Crippen LogP contribution in [0.15, 0.2) is 54.6 Å². The normalized spacial score (nSPS) is 16.7. The summed E-state index contributed by atoms with van der Waals surface area (Å²) in [7, 11) is 1.69. The highest BCUT2D eigenvalue weighted by atomic mass is 35.5. The molecule has 1 aliphatic rings. The van der Waals surface area contributed by atoms with Crippen LogP contribution in [0.5, 0.6) is 11.5 Å². The van der Waals surface area contributed by atoms with Crippen LogP contribution in [0.2, 0.25) is 5.02 Å². The van der Waals surface area contributed by atoms with Gasteiger partial charge < -0.3 is 9.47 Å². The minimum Gasteiger partial charge on any atom is -0.497 e. The minimum absolute atomic E-state index is 0.0132. The van der Waals surface area contributed by atoms with Crippen LogP contribution in [-0.4, -0.2) is 7.11 Å². The summed E-state index contributed by atoms with van der Waals surface area (Å²) in [5.41, 5.74) is 2.32. The number of fused-ring (bicyclic) bond motifs is 3. The SMILES string of the molecule is COc1ccc2ccc3c(c2c1)CCC(c1ccccc1Cl)O3. The second kappa shape index (κ2) is 5.78. The lowest BCUT2D eigenvalue weighted by atomic mass is 9.93. The second-order valence-corrected chi connectivity index (χ2v) is 6.20. The summed E-state index contributed by atoms with van der Waals surface area (Å²) in [6.45, 7) is 0. The van der Waals surface area contributed by atoms with E-state index in [9.17, 15) is 0 Å². The highest BCUT2D eigenvalue weighted by Crippen LogP contribution is 2.40. The third kappa shape index (κ3) is 2.53. The first-order valence-corrected chi connectivity index (χ1v) is 8.15. The van der Waals surface area contributed by atoms with Gasteiger partial charge >= 0.3 is 0 Å². The van der Waals surface area contributed by atoms with Crippen LogP contribution in [0.1, 0.15) is 23.7 Å². The van der Waals surface area contributed by atoms with E-state index in [1.807, 2.05) is 30.3 Å². The van der Waals surface area contributed by atoms with Gasteiger partial charge in [-0.15, -0.1) is 0 Å². The number of halogens is 1. The largest absolute Gasteiger partial charge is 0.497 e. The van der Waals surface area contributed by atoms with E-state index >= 15 is 0 Å². The van der Waals surface area contributed by atoms with E-state index in [4.69, 9.17) is 21.1 Å². The molecule has 116 valence electrons. The van der Waals surface area contributed by atoms with Gasteiger partial charge in [0, 0.05) is 16.1 Å².